The Morgan fingerprint density at radius 3 is 2.90 bits per heavy atom. The van der Waals surface area contributed by atoms with Crippen molar-refractivity contribution in [1.29, 1.82) is 0 Å². The molecule has 0 saturated heterocycles. The number of benzene rings is 2. The maximum absolute atomic E-state index is 13.9. The summed E-state index contributed by atoms with van der Waals surface area (Å²) in [6.07, 6.45) is 0.794. The van der Waals surface area contributed by atoms with Gasteiger partial charge >= 0.3 is 0 Å². The van der Waals surface area contributed by atoms with Crippen LogP contribution in [0.3, 0.4) is 0 Å². The zero-order valence-corrected chi connectivity index (χ0v) is 12.5. The normalized spacial score (nSPS) is 12.9. The Hall–Kier alpha value is -1.58. The molecule has 5 heteroatoms. The van der Waals surface area contributed by atoms with Crippen molar-refractivity contribution in [1.82, 2.24) is 0 Å². The van der Waals surface area contributed by atoms with Crippen LogP contribution in [0.15, 0.2) is 30.3 Å². The highest BCUT2D eigenvalue weighted by molar-refractivity contribution is 6.31. The lowest BCUT2D eigenvalue weighted by atomic mass is 9.99. The van der Waals surface area contributed by atoms with Gasteiger partial charge in [-0.2, -0.15) is 0 Å². The molecule has 0 saturated carbocycles. The Balaban J connectivity index is 1.94. The average molecular weight is 325 g/mol. The van der Waals surface area contributed by atoms with E-state index >= 15 is 0 Å². The molecular formula is C16H11Cl2FO2. The van der Waals surface area contributed by atoms with E-state index in [0.717, 1.165) is 12.0 Å². The van der Waals surface area contributed by atoms with Gasteiger partial charge in [-0.3, -0.25) is 4.79 Å². The highest BCUT2D eigenvalue weighted by Gasteiger charge is 2.21. The van der Waals surface area contributed by atoms with Crippen LogP contribution in [-0.2, 0) is 12.8 Å². The molecule has 1 aliphatic heterocycles. The largest absolute Gasteiger partial charge is 0.493 e. The van der Waals surface area contributed by atoms with Gasteiger partial charge in [0, 0.05) is 23.4 Å². The highest BCUT2D eigenvalue weighted by atomic mass is 35.5. The third-order valence-electron chi connectivity index (χ3n) is 3.43. The number of fused-ring (bicyclic) bond motifs is 1. The van der Waals surface area contributed by atoms with Gasteiger partial charge in [-0.25, -0.2) is 4.39 Å². The van der Waals surface area contributed by atoms with Gasteiger partial charge in [0.25, 0.3) is 0 Å². The van der Waals surface area contributed by atoms with Crippen LogP contribution in [0.5, 0.6) is 5.75 Å². The SMILES string of the molecule is O=C(Cc1cc(Cl)cc2c1OCC2)c1cccc(Cl)c1F. The summed E-state index contributed by atoms with van der Waals surface area (Å²) >= 11 is 11.8. The average Bonchev–Trinajstić information content (AvgIpc) is 2.90. The lowest BCUT2D eigenvalue weighted by molar-refractivity contribution is 0.0988. The van der Waals surface area contributed by atoms with Crippen molar-refractivity contribution in [2.24, 2.45) is 0 Å². The number of ketones is 1. The maximum atomic E-state index is 13.9. The van der Waals surface area contributed by atoms with E-state index in [-0.39, 0.29) is 22.8 Å². The second kappa shape index (κ2) is 5.66. The first-order valence-corrected chi connectivity index (χ1v) is 7.23. The molecule has 0 atom stereocenters. The summed E-state index contributed by atoms with van der Waals surface area (Å²) in [4.78, 5) is 12.3. The second-order valence-corrected chi connectivity index (χ2v) is 5.70. The fraction of sp³-hybridized carbons (Fsp3) is 0.188. The molecule has 1 aliphatic rings. The number of carbonyl (C=O) groups is 1. The summed E-state index contributed by atoms with van der Waals surface area (Å²) in [7, 11) is 0. The topological polar surface area (TPSA) is 26.3 Å². The lowest BCUT2D eigenvalue weighted by Gasteiger charge is -2.09. The Labute approximate surface area is 131 Å². The van der Waals surface area contributed by atoms with E-state index in [1.807, 2.05) is 6.07 Å². The van der Waals surface area contributed by atoms with Gasteiger partial charge in [-0.15, -0.1) is 0 Å². The molecule has 0 spiro atoms. The Morgan fingerprint density at radius 2 is 2.10 bits per heavy atom. The Morgan fingerprint density at radius 1 is 1.29 bits per heavy atom. The number of carbonyl (C=O) groups excluding carboxylic acids is 1. The third-order valence-corrected chi connectivity index (χ3v) is 3.94. The Bertz CT molecular complexity index is 728. The molecule has 0 fully saturated rings. The van der Waals surface area contributed by atoms with Crippen LogP contribution >= 0.6 is 23.2 Å². The van der Waals surface area contributed by atoms with Crippen LogP contribution in [0.4, 0.5) is 4.39 Å². The van der Waals surface area contributed by atoms with Crippen molar-refractivity contribution in [2.75, 3.05) is 6.61 Å². The maximum Gasteiger partial charge on any atom is 0.170 e. The van der Waals surface area contributed by atoms with Gasteiger partial charge in [-0.1, -0.05) is 29.3 Å². The quantitative estimate of drug-likeness (QED) is 0.777. The summed E-state index contributed by atoms with van der Waals surface area (Å²) in [5.74, 6) is -0.353. The number of ether oxygens (including phenoxy) is 1. The molecule has 2 aromatic rings. The highest BCUT2D eigenvalue weighted by Crippen LogP contribution is 2.33. The molecule has 108 valence electrons. The molecular weight excluding hydrogens is 314 g/mol. The van der Waals surface area contributed by atoms with E-state index in [4.69, 9.17) is 27.9 Å². The molecule has 2 nitrogen and oxygen atoms in total. The van der Waals surface area contributed by atoms with E-state index in [1.54, 1.807) is 12.1 Å². The van der Waals surface area contributed by atoms with Gasteiger partial charge in [0.05, 0.1) is 17.2 Å². The molecule has 0 unspecified atom stereocenters. The van der Waals surface area contributed by atoms with Crippen molar-refractivity contribution in [3.63, 3.8) is 0 Å². The predicted molar refractivity (Wildman–Crippen MR) is 80.1 cm³/mol. The monoisotopic (exact) mass is 324 g/mol. The zero-order valence-electron chi connectivity index (χ0n) is 11.0. The molecule has 21 heavy (non-hydrogen) atoms. The van der Waals surface area contributed by atoms with Crippen molar-refractivity contribution >= 4 is 29.0 Å². The molecule has 0 amide bonds. The van der Waals surface area contributed by atoms with E-state index in [9.17, 15) is 9.18 Å². The lowest BCUT2D eigenvalue weighted by Crippen LogP contribution is -2.07. The van der Waals surface area contributed by atoms with Crippen LogP contribution in [0.2, 0.25) is 10.0 Å². The molecule has 2 aromatic carbocycles. The summed E-state index contributed by atoms with van der Waals surface area (Å²) in [6.45, 7) is 0.572. The van der Waals surface area contributed by atoms with Crippen LogP contribution in [0.1, 0.15) is 21.5 Å². The van der Waals surface area contributed by atoms with Crippen LogP contribution < -0.4 is 4.74 Å². The Kier molecular flexibility index (Phi) is 3.87. The minimum absolute atomic E-state index is 0.0192. The van der Waals surface area contributed by atoms with Crippen LogP contribution in [-0.4, -0.2) is 12.4 Å². The van der Waals surface area contributed by atoms with Gasteiger partial charge in [0.1, 0.15) is 5.75 Å². The molecule has 3 rings (SSSR count). The summed E-state index contributed by atoms with van der Waals surface area (Å²) in [5, 5.41) is 0.488. The third kappa shape index (κ3) is 2.76. The molecule has 1 heterocycles. The van der Waals surface area contributed by atoms with E-state index in [2.05, 4.69) is 0 Å². The molecule has 0 bridgehead atoms. The summed E-state index contributed by atoms with van der Waals surface area (Å²) in [6, 6.07) is 7.91. The number of hydrogen-bond donors (Lipinski definition) is 0. The summed E-state index contributed by atoms with van der Waals surface area (Å²) < 4.78 is 19.4. The van der Waals surface area contributed by atoms with E-state index in [0.29, 0.717) is 22.9 Å². The van der Waals surface area contributed by atoms with Gasteiger partial charge in [0.15, 0.2) is 11.6 Å². The van der Waals surface area contributed by atoms with Crippen LogP contribution in [0.25, 0.3) is 0 Å². The van der Waals surface area contributed by atoms with E-state index < -0.39 is 5.82 Å². The van der Waals surface area contributed by atoms with Gasteiger partial charge < -0.3 is 4.74 Å². The van der Waals surface area contributed by atoms with Crippen molar-refractivity contribution in [2.45, 2.75) is 12.8 Å². The number of rotatable bonds is 3. The number of hydrogen-bond acceptors (Lipinski definition) is 2. The first-order chi connectivity index (χ1) is 10.1. The number of halogens is 3. The summed E-state index contributed by atoms with van der Waals surface area (Å²) in [5.41, 5.74) is 1.64. The zero-order chi connectivity index (χ0) is 15.0. The predicted octanol–water partition coefficient (Wildman–Crippen LogP) is 4.49. The first kappa shape index (κ1) is 14.4. The first-order valence-electron chi connectivity index (χ1n) is 6.47. The molecule has 0 aromatic heterocycles. The number of Topliss-reactive ketones (excluding diaryl/α,β-unsaturated/α-hetero) is 1. The molecule has 0 radical (unpaired) electrons. The van der Waals surface area contributed by atoms with Crippen LogP contribution in [0, 0.1) is 5.82 Å². The molecule has 0 N–H and O–H groups in total. The minimum atomic E-state index is -0.691. The van der Waals surface area contributed by atoms with Crippen molar-refractivity contribution in [3.05, 3.63) is 62.9 Å². The minimum Gasteiger partial charge on any atom is -0.493 e. The van der Waals surface area contributed by atoms with E-state index in [1.165, 1.54) is 12.1 Å². The van der Waals surface area contributed by atoms with Gasteiger partial charge in [-0.05, 0) is 29.8 Å². The fourth-order valence-corrected chi connectivity index (χ4v) is 2.90. The molecule has 0 aliphatic carbocycles. The standard InChI is InChI=1S/C16H11Cl2FO2/c17-11-6-9-4-5-21-16(9)10(7-11)8-14(20)12-2-1-3-13(18)15(12)19/h1-3,6-7H,4-5,8H2. The fourth-order valence-electron chi connectivity index (χ4n) is 2.46. The van der Waals surface area contributed by atoms with Crippen molar-refractivity contribution < 1.29 is 13.9 Å². The van der Waals surface area contributed by atoms with Gasteiger partial charge in [0.2, 0.25) is 0 Å². The van der Waals surface area contributed by atoms with Crippen molar-refractivity contribution in [3.8, 4) is 5.75 Å². The second-order valence-electron chi connectivity index (χ2n) is 4.85. The smallest absolute Gasteiger partial charge is 0.170 e.